The van der Waals surface area contributed by atoms with E-state index in [0.717, 1.165) is 28.3 Å². The molecule has 0 saturated carbocycles. The summed E-state index contributed by atoms with van der Waals surface area (Å²) in [6.07, 6.45) is -3.97. The van der Waals surface area contributed by atoms with Gasteiger partial charge < -0.3 is 10.4 Å². The van der Waals surface area contributed by atoms with Crippen LogP contribution in [0.5, 0.6) is 0 Å². The van der Waals surface area contributed by atoms with Gasteiger partial charge in [-0.15, -0.1) is 11.3 Å². The number of hydrogen-bond donors (Lipinski definition) is 2. The van der Waals surface area contributed by atoms with Crippen LogP contribution in [0.25, 0.3) is 11.3 Å². The lowest BCUT2D eigenvalue weighted by Crippen LogP contribution is -2.30. The Morgan fingerprint density at radius 2 is 1.64 bits per heavy atom. The second-order valence-corrected chi connectivity index (χ2v) is 12.0. The topological polar surface area (TPSA) is 96.4 Å². The maximum atomic E-state index is 12.8. The molecule has 0 aliphatic carbocycles. The Morgan fingerprint density at radius 1 is 1.00 bits per heavy atom. The fourth-order valence-corrected chi connectivity index (χ4v) is 5.57. The van der Waals surface area contributed by atoms with E-state index < -0.39 is 33.5 Å². The molecule has 1 amide bonds. The van der Waals surface area contributed by atoms with Crippen molar-refractivity contribution in [2.75, 3.05) is 12.4 Å². The van der Waals surface area contributed by atoms with Crippen LogP contribution in [-0.4, -0.2) is 36.8 Å². The van der Waals surface area contributed by atoms with E-state index in [2.05, 4.69) is 10.3 Å². The van der Waals surface area contributed by atoms with Crippen LogP contribution >= 0.6 is 11.3 Å². The molecule has 0 unspecified atom stereocenters. The fourth-order valence-electron chi connectivity index (χ4n) is 3.85. The van der Waals surface area contributed by atoms with E-state index in [-0.39, 0.29) is 17.3 Å². The van der Waals surface area contributed by atoms with Crippen molar-refractivity contribution in [2.24, 2.45) is 0 Å². The highest BCUT2D eigenvalue weighted by atomic mass is 32.2. The predicted molar refractivity (Wildman–Crippen MR) is 143 cm³/mol. The third kappa shape index (κ3) is 6.92. The van der Waals surface area contributed by atoms with Crippen LogP contribution in [0.3, 0.4) is 0 Å². The number of aromatic nitrogens is 1. The molecule has 3 aromatic carbocycles. The van der Waals surface area contributed by atoms with E-state index in [1.165, 1.54) is 35.6 Å². The zero-order valence-electron chi connectivity index (χ0n) is 20.8. The van der Waals surface area contributed by atoms with Crippen molar-refractivity contribution in [3.05, 3.63) is 105 Å². The lowest BCUT2D eigenvalue weighted by molar-refractivity contribution is -0.137. The number of nitrogens with zero attached hydrogens (tertiary/aromatic N) is 1. The first-order valence-corrected chi connectivity index (χ1v) is 14.5. The summed E-state index contributed by atoms with van der Waals surface area (Å²) in [4.78, 5) is 17.5. The zero-order valence-corrected chi connectivity index (χ0v) is 22.4. The van der Waals surface area contributed by atoms with Crippen molar-refractivity contribution < 1.29 is 31.5 Å². The maximum absolute atomic E-state index is 12.8. The first kappa shape index (κ1) is 28.5. The van der Waals surface area contributed by atoms with Crippen molar-refractivity contribution in [1.82, 2.24) is 10.3 Å². The van der Waals surface area contributed by atoms with Gasteiger partial charge in [-0.3, -0.25) is 4.79 Å². The van der Waals surface area contributed by atoms with Crippen molar-refractivity contribution in [1.29, 1.82) is 0 Å². The van der Waals surface area contributed by atoms with Gasteiger partial charge in [-0.2, -0.15) is 13.2 Å². The van der Waals surface area contributed by atoms with Gasteiger partial charge in [-0.25, -0.2) is 13.4 Å². The van der Waals surface area contributed by atoms with Gasteiger partial charge >= 0.3 is 6.18 Å². The number of aliphatic hydroxyl groups is 1. The van der Waals surface area contributed by atoms with Gasteiger partial charge in [0, 0.05) is 22.9 Å². The van der Waals surface area contributed by atoms with Crippen LogP contribution in [0.2, 0.25) is 0 Å². The van der Waals surface area contributed by atoms with Crippen LogP contribution in [0.4, 0.5) is 13.2 Å². The average Bonchev–Trinajstić information content (AvgIpc) is 3.40. The summed E-state index contributed by atoms with van der Waals surface area (Å²) in [5, 5.41) is 15.2. The van der Waals surface area contributed by atoms with E-state index in [0.29, 0.717) is 23.2 Å². The van der Waals surface area contributed by atoms with Crippen molar-refractivity contribution >= 4 is 27.1 Å². The summed E-state index contributed by atoms with van der Waals surface area (Å²) in [7, 11) is -3.35. The number of thiazole rings is 1. The molecule has 204 valence electrons. The first-order valence-electron chi connectivity index (χ1n) is 12.0. The molecule has 39 heavy (non-hydrogen) atoms. The highest BCUT2D eigenvalue weighted by Crippen LogP contribution is 2.30. The number of sulfone groups is 1. The molecule has 0 aliphatic rings. The summed E-state index contributed by atoms with van der Waals surface area (Å²) in [5.41, 5.74) is 2.41. The number of nitrogens with one attached hydrogen (secondary N) is 1. The average molecular weight is 575 g/mol. The Kier molecular flexibility index (Phi) is 8.53. The summed E-state index contributed by atoms with van der Waals surface area (Å²) in [5.74, 6) is -0.434. The Labute approximate surface area is 228 Å². The minimum absolute atomic E-state index is 0.0239. The summed E-state index contributed by atoms with van der Waals surface area (Å²) >= 11 is 1.39. The Balaban J connectivity index is 1.40. The summed E-state index contributed by atoms with van der Waals surface area (Å²) < 4.78 is 62.3. The maximum Gasteiger partial charge on any atom is 0.416 e. The van der Waals surface area contributed by atoms with Crippen molar-refractivity contribution in [2.45, 2.75) is 30.5 Å². The molecule has 0 saturated heterocycles. The molecule has 2 N–H and O–H groups in total. The molecule has 1 atom stereocenters. The third-order valence-corrected chi connectivity index (χ3v) is 8.74. The molecule has 6 nitrogen and oxygen atoms in total. The van der Waals surface area contributed by atoms with Gasteiger partial charge in [0.25, 0.3) is 5.91 Å². The van der Waals surface area contributed by atoms with Crippen LogP contribution in [-0.2, 0) is 22.4 Å². The zero-order chi connectivity index (χ0) is 28.2. The highest BCUT2D eigenvalue weighted by molar-refractivity contribution is 7.91. The SMILES string of the molecule is CCS(=O)(=O)c1ccc([C@H](CO)NC(=O)c2ccc(-c3csc(Cc4ccc(C(F)(F)F)cc4)n3)cc2)cc1. The normalized spacial score (nSPS) is 12.7. The largest absolute Gasteiger partial charge is 0.416 e. The number of aliphatic hydroxyl groups excluding tert-OH is 1. The Bertz CT molecular complexity index is 1530. The van der Waals surface area contributed by atoms with Crippen LogP contribution in [0.1, 0.15) is 45.0 Å². The molecular weight excluding hydrogens is 549 g/mol. The van der Waals surface area contributed by atoms with Crippen molar-refractivity contribution in [3.8, 4) is 11.3 Å². The number of rotatable bonds is 9. The van der Waals surface area contributed by atoms with Gasteiger partial charge in [0.2, 0.25) is 0 Å². The number of carbonyl (C=O) groups is 1. The minimum atomic E-state index is -4.37. The molecule has 4 rings (SSSR count). The van der Waals surface area contributed by atoms with Crippen LogP contribution in [0, 0.1) is 0 Å². The lowest BCUT2D eigenvalue weighted by Gasteiger charge is -2.17. The quantitative estimate of drug-likeness (QED) is 0.268. The minimum Gasteiger partial charge on any atom is -0.394 e. The number of alkyl halides is 3. The predicted octanol–water partition coefficient (Wildman–Crippen LogP) is 5.68. The number of hydrogen-bond acceptors (Lipinski definition) is 6. The van der Waals surface area contributed by atoms with E-state index in [9.17, 15) is 31.5 Å². The van der Waals surface area contributed by atoms with Gasteiger partial charge in [0.1, 0.15) is 0 Å². The molecule has 4 aromatic rings. The number of amides is 1. The van der Waals surface area contributed by atoms with Crippen LogP contribution < -0.4 is 5.32 Å². The van der Waals surface area contributed by atoms with E-state index in [1.54, 1.807) is 43.3 Å². The number of benzene rings is 3. The van der Waals surface area contributed by atoms with Crippen LogP contribution in [0.15, 0.2) is 83.1 Å². The number of carbonyl (C=O) groups excluding carboxylic acids is 1. The Hall–Kier alpha value is -3.54. The summed E-state index contributed by atoms with van der Waals surface area (Å²) in [6, 6.07) is 17.1. The van der Waals surface area contributed by atoms with Gasteiger partial charge in [0.05, 0.1) is 39.6 Å². The smallest absolute Gasteiger partial charge is 0.394 e. The molecule has 1 aromatic heterocycles. The van der Waals surface area contributed by atoms with E-state index in [1.807, 2.05) is 5.38 Å². The third-order valence-electron chi connectivity index (χ3n) is 6.14. The molecule has 11 heteroatoms. The molecule has 0 fully saturated rings. The molecule has 0 bridgehead atoms. The monoisotopic (exact) mass is 574 g/mol. The van der Waals surface area contributed by atoms with Crippen molar-refractivity contribution in [3.63, 3.8) is 0 Å². The van der Waals surface area contributed by atoms with E-state index >= 15 is 0 Å². The first-order chi connectivity index (χ1) is 18.5. The van der Waals surface area contributed by atoms with Gasteiger partial charge in [0.15, 0.2) is 9.84 Å². The lowest BCUT2D eigenvalue weighted by atomic mass is 10.1. The Morgan fingerprint density at radius 3 is 2.21 bits per heavy atom. The van der Waals surface area contributed by atoms with Gasteiger partial charge in [-0.1, -0.05) is 43.3 Å². The second kappa shape index (κ2) is 11.7. The molecule has 1 heterocycles. The molecular formula is C28H25F3N2O4S2. The standard InChI is InChI=1S/C28H25F3N2O4S2/c1-2-39(36,37)23-13-9-19(10-14-23)24(16-34)33-27(35)21-7-5-20(6-8-21)25-17-38-26(32-25)15-18-3-11-22(12-4-18)28(29,30)31/h3-14,17,24,34H,2,15-16H2,1H3,(H,33,35)/t24-/m0/s1. The number of halogens is 3. The molecule has 0 aliphatic heterocycles. The van der Waals surface area contributed by atoms with Gasteiger partial charge in [-0.05, 0) is 47.5 Å². The van der Waals surface area contributed by atoms with E-state index in [4.69, 9.17) is 0 Å². The molecule has 0 spiro atoms. The second-order valence-electron chi connectivity index (χ2n) is 8.76. The molecule has 0 radical (unpaired) electrons. The highest BCUT2D eigenvalue weighted by Gasteiger charge is 2.30. The summed E-state index contributed by atoms with van der Waals surface area (Å²) in [6.45, 7) is 1.19. The fraction of sp³-hybridized carbons (Fsp3) is 0.214.